The molecule has 0 heterocycles. The lowest BCUT2D eigenvalue weighted by Gasteiger charge is -2.12. The Morgan fingerprint density at radius 3 is 2.21 bits per heavy atom. The molecule has 0 aliphatic heterocycles. The van der Waals surface area contributed by atoms with Crippen LogP contribution in [0.5, 0.6) is 0 Å². The first-order valence-electron chi connectivity index (χ1n) is 5.37. The van der Waals surface area contributed by atoms with E-state index in [0.29, 0.717) is 10.6 Å². The monoisotopic (exact) mass is 285 g/mol. The highest BCUT2D eigenvalue weighted by molar-refractivity contribution is 6.30. The van der Waals surface area contributed by atoms with Gasteiger partial charge in [0.2, 0.25) is 5.91 Å². The minimum atomic E-state index is -1.43. The van der Waals surface area contributed by atoms with Crippen LogP contribution in [0.1, 0.15) is 12.0 Å². The van der Waals surface area contributed by atoms with Crippen LogP contribution in [0.4, 0.5) is 0 Å². The van der Waals surface area contributed by atoms with Crippen molar-refractivity contribution in [2.75, 3.05) is 0 Å². The fourth-order valence-corrected chi connectivity index (χ4v) is 1.53. The molecule has 0 aliphatic rings. The van der Waals surface area contributed by atoms with Crippen molar-refractivity contribution in [2.24, 2.45) is 0 Å². The molecule has 0 bridgehead atoms. The number of nitrogens with one attached hydrogen (secondary N) is 1. The minimum Gasteiger partial charge on any atom is -0.481 e. The van der Waals surface area contributed by atoms with Crippen molar-refractivity contribution in [3.63, 3.8) is 0 Å². The summed E-state index contributed by atoms with van der Waals surface area (Å²) in [6, 6.07) is 5.05. The lowest BCUT2D eigenvalue weighted by Crippen LogP contribution is -2.42. The second-order valence-electron chi connectivity index (χ2n) is 3.86. The van der Waals surface area contributed by atoms with E-state index in [9.17, 15) is 14.4 Å². The molecular formula is C12H12ClNO5. The second kappa shape index (κ2) is 6.75. The third-order valence-corrected chi connectivity index (χ3v) is 2.54. The Kier molecular flexibility index (Phi) is 5.32. The molecule has 1 aromatic carbocycles. The fraction of sp³-hybridized carbons (Fsp3) is 0.250. The van der Waals surface area contributed by atoms with Crippen LogP contribution in [0.25, 0.3) is 0 Å². The zero-order valence-electron chi connectivity index (χ0n) is 9.80. The van der Waals surface area contributed by atoms with Gasteiger partial charge in [0.15, 0.2) is 0 Å². The molecule has 1 rings (SSSR count). The van der Waals surface area contributed by atoms with Crippen molar-refractivity contribution in [2.45, 2.75) is 18.9 Å². The van der Waals surface area contributed by atoms with E-state index in [1.54, 1.807) is 24.3 Å². The van der Waals surface area contributed by atoms with Gasteiger partial charge >= 0.3 is 11.9 Å². The lowest BCUT2D eigenvalue weighted by atomic mass is 10.1. The van der Waals surface area contributed by atoms with Crippen LogP contribution in [0.2, 0.25) is 5.02 Å². The van der Waals surface area contributed by atoms with Crippen molar-refractivity contribution < 1.29 is 24.6 Å². The number of halogens is 1. The van der Waals surface area contributed by atoms with Crippen molar-refractivity contribution in [1.82, 2.24) is 5.32 Å². The molecule has 0 radical (unpaired) electrons. The number of benzene rings is 1. The number of carboxylic acids is 2. The normalized spacial score (nSPS) is 11.6. The number of rotatable bonds is 6. The van der Waals surface area contributed by atoms with Gasteiger partial charge in [-0.2, -0.15) is 0 Å². The van der Waals surface area contributed by atoms with Crippen LogP contribution in [0, 0.1) is 0 Å². The molecule has 0 fully saturated rings. The van der Waals surface area contributed by atoms with Crippen LogP contribution < -0.4 is 5.32 Å². The van der Waals surface area contributed by atoms with E-state index in [0.717, 1.165) is 0 Å². The molecule has 0 spiro atoms. The maximum absolute atomic E-state index is 11.6. The van der Waals surface area contributed by atoms with Gasteiger partial charge in [-0.1, -0.05) is 23.7 Å². The highest BCUT2D eigenvalue weighted by atomic mass is 35.5. The summed E-state index contributed by atoms with van der Waals surface area (Å²) >= 11 is 5.69. The van der Waals surface area contributed by atoms with Gasteiger partial charge in [0.1, 0.15) is 6.04 Å². The quantitative estimate of drug-likeness (QED) is 0.721. The smallest absolute Gasteiger partial charge is 0.326 e. The molecule has 102 valence electrons. The second-order valence-corrected chi connectivity index (χ2v) is 4.30. The van der Waals surface area contributed by atoms with Gasteiger partial charge in [-0.25, -0.2) is 4.79 Å². The first kappa shape index (κ1) is 15.0. The highest BCUT2D eigenvalue weighted by Crippen LogP contribution is 2.10. The van der Waals surface area contributed by atoms with E-state index in [4.69, 9.17) is 21.8 Å². The summed E-state index contributed by atoms with van der Waals surface area (Å²) in [7, 11) is 0. The van der Waals surface area contributed by atoms with E-state index in [-0.39, 0.29) is 6.42 Å². The van der Waals surface area contributed by atoms with Gasteiger partial charge in [0.25, 0.3) is 0 Å². The molecular weight excluding hydrogens is 274 g/mol. The molecule has 0 saturated carbocycles. The first-order valence-corrected chi connectivity index (χ1v) is 5.74. The summed E-state index contributed by atoms with van der Waals surface area (Å²) < 4.78 is 0. The molecule has 1 unspecified atom stereocenters. The topological polar surface area (TPSA) is 104 Å². The molecule has 0 aliphatic carbocycles. The third kappa shape index (κ3) is 5.39. The fourth-order valence-electron chi connectivity index (χ4n) is 1.41. The predicted molar refractivity (Wildman–Crippen MR) is 67.0 cm³/mol. The zero-order chi connectivity index (χ0) is 14.4. The Morgan fingerprint density at radius 1 is 1.16 bits per heavy atom. The summed E-state index contributed by atoms with van der Waals surface area (Å²) in [4.78, 5) is 32.8. The number of aliphatic carboxylic acids is 2. The standard InChI is InChI=1S/C12H12ClNO5/c13-8-3-1-7(2-4-8)5-10(15)14-9(12(18)19)6-11(16)17/h1-4,9H,5-6H2,(H,14,15)(H,16,17)(H,18,19). The van der Waals surface area contributed by atoms with E-state index in [1.807, 2.05) is 0 Å². The summed E-state index contributed by atoms with van der Waals surface area (Å²) in [6.07, 6.45) is -0.706. The van der Waals surface area contributed by atoms with Gasteiger partial charge in [0.05, 0.1) is 12.8 Å². The number of hydrogen-bond acceptors (Lipinski definition) is 3. The molecule has 7 heteroatoms. The number of amides is 1. The Morgan fingerprint density at radius 2 is 1.74 bits per heavy atom. The van der Waals surface area contributed by atoms with Crippen LogP contribution >= 0.6 is 11.6 Å². The maximum atomic E-state index is 11.6. The molecule has 0 aromatic heterocycles. The highest BCUT2D eigenvalue weighted by Gasteiger charge is 2.22. The molecule has 1 amide bonds. The summed E-state index contributed by atoms with van der Waals surface area (Å²) in [5, 5.41) is 20.0. The number of hydrogen-bond donors (Lipinski definition) is 3. The zero-order valence-corrected chi connectivity index (χ0v) is 10.6. The molecule has 19 heavy (non-hydrogen) atoms. The van der Waals surface area contributed by atoms with Crippen molar-refractivity contribution in [3.05, 3.63) is 34.9 Å². The Bertz CT molecular complexity index is 485. The van der Waals surface area contributed by atoms with Crippen LogP contribution in [0.3, 0.4) is 0 Å². The maximum Gasteiger partial charge on any atom is 0.326 e. The van der Waals surface area contributed by atoms with Gasteiger partial charge < -0.3 is 15.5 Å². The van der Waals surface area contributed by atoms with E-state index in [2.05, 4.69) is 5.32 Å². The van der Waals surface area contributed by atoms with E-state index in [1.165, 1.54) is 0 Å². The third-order valence-electron chi connectivity index (χ3n) is 2.29. The van der Waals surface area contributed by atoms with E-state index < -0.39 is 30.3 Å². The molecule has 3 N–H and O–H groups in total. The van der Waals surface area contributed by atoms with Gasteiger partial charge in [0, 0.05) is 5.02 Å². The molecule has 6 nitrogen and oxygen atoms in total. The Labute approximate surface area is 114 Å². The van der Waals surface area contributed by atoms with Gasteiger partial charge in [-0.3, -0.25) is 9.59 Å². The average molecular weight is 286 g/mol. The van der Waals surface area contributed by atoms with Crippen molar-refractivity contribution in [3.8, 4) is 0 Å². The summed E-state index contributed by atoms with van der Waals surface area (Å²) in [5.74, 6) is -3.23. The minimum absolute atomic E-state index is 0.0411. The Hall–Kier alpha value is -2.08. The molecule has 0 saturated heterocycles. The predicted octanol–water partition coefficient (Wildman–Crippen LogP) is 0.927. The number of carboxylic acid groups (broad SMARTS) is 2. The van der Waals surface area contributed by atoms with Crippen LogP contribution in [-0.4, -0.2) is 34.1 Å². The summed E-state index contributed by atoms with van der Waals surface area (Å²) in [5.41, 5.74) is 0.654. The number of carbonyl (C=O) groups is 3. The molecule has 1 aromatic rings. The average Bonchev–Trinajstić information content (AvgIpc) is 2.30. The summed E-state index contributed by atoms with van der Waals surface area (Å²) in [6.45, 7) is 0. The van der Waals surface area contributed by atoms with Crippen LogP contribution in [-0.2, 0) is 20.8 Å². The van der Waals surface area contributed by atoms with E-state index >= 15 is 0 Å². The largest absolute Gasteiger partial charge is 0.481 e. The SMILES string of the molecule is O=C(O)CC(NC(=O)Cc1ccc(Cl)cc1)C(=O)O. The van der Waals surface area contributed by atoms with Crippen LogP contribution in [0.15, 0.2) is 24.3 Å². The Balaban J connectivity index is 2.59. The van der Waals surface area contributed by atoms with Crippen molar-refractivity contribution in [1.29, 1.82) is 0 Å². The lowest BCUT2D eigenvalue weighted by molar-refractivity contribution is -0.147. The first-order chi connectivity index (χ1) is 8.88. The number of carbonyl (C=O) groups excluding carboxylic acids is 1. The molecule has 1 atom stereocenters. The van der Waals surface area contributed by atoms with Crippen molar-refractivity contribution >= 4 is 29.4 Å². The van der Waals surface area contributed by atoms with Gasteiger partial charge in [-0.05, 0) is 17.7 Å². The van der Waals surface area contributed by atoms with Gasteiger partial charge in [-0.15, -0.1) is 0 Å².